The van der Waals surface area contributed by atoms with Gasteiger partial charge in [-0.1, -0.05) is 0 Å². The second-order valence-electron chi connectivity index (χ2n) is 2.50. The standard InChI is InChI=1S/C3H8O2.2CH4O3S/c1-3(5)2-4;2*1-5(2,3)4/h3-5H,2H2,1H3;2*1H3,(H,2,3,4). The van der Waals surface area contributed by atoms with Crippen LogP contribution in [0.25, 0.3) is 0 Å². The zero-order valence-electron chi connectivity index (χ0n) is 8.52. The Morgan fingerprint density at radius 1 is 1.00 bits per heavy atom. The van der Waals surface area contributed by atoms with E-state index in [-0.39, 0.29) is 6.61 Å². The lowest BCUT2D eigenvalue weighted by Crippen LogP contribution is -2.03. The monoisotopic (exact) mass is 268 g/mol. The van der Waals surface area contributed by atoms with Crippen LogP contribution in [0.1, 0.15) is 6.92 Å². The summed E-state index contributed by atoms with van der Waals surface area (Å²) in [6, 6.07) is 0. The van der Waals surface area contributed by atoms with Crippen LogP contribution in [0.2, 0.25) is 0 Å². The highest BCUT2D eigenvalue weighted by Crippen LogP contribution is 1.68. The van der Waals surface area contributed by atoms with E-state index in [1.54, 1.807) is 0 Å². The summed E-state index contributed by atoms with van der Waals surface area (Å²) in [5.41, 5.74) is 0. The fourth-order valence-corrected chi connectivity index (χ4v) is 0. The smallest absolute Gasteiger partial charge is 0.261 e. The molecule has 10 heteroatoms. The normalized spacial score (nSPS) is 12.7. The largest absolute Gasteiger partial charge is 0.394 e. The quantitative estimate of drug-likeness (QED) is 0.414. The number of hydrogen-bond donors (Lipinski definition) is 4. The Kier molecular flexibility index (Phi) is 12.1. The predicted octanol–water partition coefficient (Wildman–Crippen LogP) is -1.63. The Labute approximate surface area is 89.1 Å². The molecule has 0 rings (SSSR count). The van der Waals surface area contributed by atoms with Crippen molar-refractivity contribution < 1.29 is 36.2 Å². The van der Waals surface area contributed by atoms with Crippen LogP contribution in [-0.4, -0.2) is 61.4 Å². The maximum Gasteiger partial charge on any atom is 0.261 e. The van der Waals surface area contributed by atoms with Gasteiger partial charge in [0.1, 0.15) is 0 Å². The van der Waals surface area contributed by atoms with Gasteiger partial charge in [0, 0.05) is 0 Å². The van der Waals surface area contributed by atoms with Gasteiger partial charge < -0.3 is 10.2 Å². The highest BCUT2D eigenvalue weighted by Gasteiger charge is 1.83. The molecule has 1 atom stereocenters. The van der Waals surface area contributed by atoms with Crippen LogP contribution in [0.4, 0.5) is 0 Å². The predicted molar refractivity (Wildman–Crippen MR) is 53.7 cm³/mol. The van der Waals surface area contributed by atoms with Gasteiger partial charge in [0.25, 0.3) is 20.2 Å². The van der Waals surface area contributed by atoms with Gasteiger partial charge in [0.05, 0.1) is 25.2 Å². The molecule has 0 aliphatic rings. The van der Waals surface area contributed by atoms with Crippen molar-refractivity contribution in [3.05, 3.63) is 0 Å². The maximum atomic E-state index is 9.19. The third-order valence-corrected chi connectivity index (χ3v) is 0.264. The van der Waals surface area contributed by atoms with Gasteiger partial charge in [0.15, 0.2) is 0 Å². The van der Waals surface area contributed by atoms with Crippen LogP contribution in [0.3, 0.4) is 0 Å². The minimum Gasteiger partial charge on any atom is -0.394 e. The molecule has 0 aromatic rings. The lowest BCUT2D eigenvalue weighted by atomic mass is 10.5. The molecule has 0 aliphatic carbocycles. The van der Waals surface area contributed by atoms with Gasteiger partial charge in [-0.2, -0.15) is 16.8 Å². The van der Waals surface area contributed by atoms with Crippen molar-refractivity contribution in [1.82, 2.24) is 0 Å². The Balaban J connectivity index is -0.000000144. The van der Waals surface area contributed by atoms with Crippen LogP contribution >= 0.6 is 0 Å². The van der Waals surface area contributed by atoms with Crippen molar-refractivity contribution in [3.8, 4) is 0 Å². The van der Waals surface area contributed by atoms with Gasteiger partial charge in [0.2, 0.25) is 0 Å². The summed E-state index contributed by atoms with van der Waals surface area (Å²) in [6.45, 7) is 1.39. The Bertz CT molecular complexity index is 267. The van der Waals surface area contributed by atoms with Crippen LogP contribution < -0.4 is 0 Å². The van der Waals surface area contributed by atoms with Crippen molar-refractivity contribution in [1.29, 1.82) is 0 Å². The lowest BCUT2D eigenvalue weighted by Gasteiger charge is -1.90. The fourth-order valence-electron chi connectivity index (χ4n) is 0. The maximum absolute atomic E-state index is 9.19. The first-order valence-corrected chi connectivity index (χ1v) is 7.10. The third kappa shape index (κ3) is 625. The molecule has 15 heavy (non-hydrogen) atoms. The van der Waals surface area contributed by atoms with Crippen LogP contribution in [0, 0.1) is 0 Å². The van der Waals surface area contributed by atoms with Crippen molar-refractivity contribution in [2.75, 3.05) is 19.1 Å². The van der Waals surface area contributed by atoms with Crippen LogP contribution in [-0.2, 0) is 20.2 Å². The van der Waals surface area contributed by atoms with Gasteiger partial charge in [-0.05, 0) is 6.92 Å². The zero-order valence-corrected chi connectivity index (χ0v) is 10.2. The third-order valence-electron chi connectivity index (χ3n) is 0.264. The molecule has 0 radical (unpaired) electrons. The number of hydrogen-bond acceptors (Lipinski definition) is 6. The molecule has 1 unspecified atom stereocenters. The Hall–Kier alpha value is -0.260. The molecule has 0 saturated carbocycles. The number of aliphatic hydroxyl groups excluding tert-OH is 2. The molecule has 0 aromatic heterocycles. The van der Waals surface area contributed by atoms with Crippen molar-refractivity contribution in [2.24, 2.45) is 0 Å². The summed E-state index contributed by atoms with van der Waals surface area (Å²) in [7, 11) is -7.33. The summed E-state index contributed by atoms with van der Waals surface area (Å²) < 4.78 is 51.7. The van der Waals surface area contributed by atoms with Gasteiger partial charge in [-0.25, -0.2) is 0 Å². The van der Waals surface area contributed by atoms with Crippen molar-refractivity contribution >= 4 is 20.2 Å². The first-order chi connectivity index (χ1) is 6.27. The lowest BCUT2D eigenvalue weighted by molar-refractivity contribution is 0.110. The first-order valence-electron chi connectivity index (χ1n) is 3.41. The van der Waals surface area contributed by atoms with Gasteiger partial charge in [-0.3, -0.25) is 9.11 Å². The van der Waals surface area contributed by atoms with Gasteiger partial charge in [-0.15, -0.1) is 0 Å². The van der Waals surface area contributed by atoms with Crippen molar-refractivity contribution in [2.45, 2.75) is 13.0 Å². The highest BCUT2D eigenvalue weighted by atomic mass is 32.2. The van der Waals surface area contributed by atoms with E-state index in [4.69, 9.17) is 19.3 Å². The molecule has 0 fully saturated rings. The average Bonchev–Trinajstić information content (AvgIpc) is 1.79. The van der Waals surface area contributed by atoms with Gasteiger partial charge >= 0.3 is 0 Å². The molecule has 4 N–H and O–H groups in total. The number of rotatable bonds is 1. The topological polar surface area (TPSA) is 149 Å². The summed E-state index contributed by atoms with van der Waals surface area (Å²) in [4.78, 5) is 0. The van der Waals surface area contributed by atoms with E-state index in [1.807, 2.05) is 0 Å². The second kappa shape index (κ2) is 9.00. The van der Waals surface area contributed by atoms with E-state index in [2.05, 4.69) is 0 Å². The van der Waals surface area contributed by atoms with Crippen LogP contribution in [0.15, 0.2) is 0 Å². The molecular weight excluding hydrogens is 252 g/mol. The summed E-state index contributed by atoms with van der Waals surface area (Å²) >= 11 is 0. The Morgan fingerprint density at radius 3 is 1.07 bits per heavy atom. The average molecular weight is 268 g/mol. The van der Waals surface area contributed by atoms with E-state index >= 15 is 0 Å². The van der Waals surface area contributed by atoms with E-state index in [1.165, 1.54) is 6.92 Å². The first kappa shape index (κ1) is 20.2. The molecule has 0 amide bonds. The van der Waals surface area contributed by atoms with E-state index in [0.717, 1.165) is 0 Å². The number of aliphatic hydroxyl groups is 2. The fraction of sp³-hybridized carbons (Fsp3) is 1.00. The SMILES string of the molecule is CC(O)CO.CS(=O)(=O)O.CS(=O)(=O)O. The molecule has 0 saturated heterocycles. The molecule has 0 heterocycles. The minimum atomic E-state index is -3.67. The molecule has 96 valence electrons. The van der Waals surface area contributed by atoms with Crippen molar-refractivity contribution in [3.63, 3.8) is 0 Å². The molecule has 0 aromatic carbocycles. The molecular formula is C5H16O8S2. The summed E-state index contributed by atoms with van der Waals surface area (Å²) in [5, 5.41) is 16.0. The Morgan fingerprint density at radius 2 is 1.07 bits per heavy atom. The minimum absolute atomic E-state index is 0.139. The zero-order chi connectivity index (χ0) is 13.3. The van der Waals surface area contributed by atoms with E-state index in [0.29, 0.717) is 12.5 Å². The molecule has 0 spiro atoms. The second-order valence-corrected chi connectivity index (χ2v) is 5.43. The summed E-state index contributed by atoms with van der Waals surface area (Å²) in [6.07, 6.45) is 0.870. The molecule has 8 nitrogen and oxygen atoms in total. The van der Waals surface area contributed by atoms with E-state index < -0.39 is 26.3 Å². The summed E-state index contributed by atoms with van der Waals surface area (Å²) in [5.74, 6) is 0. The van der Waals surface area contributed by atoms with Crippen LogP contribution in [0.5, 0.6) is 0 Å². The molecule has 0 bridgehead atoms. The molecule has 0 aliphatic heterocycles. The van der Waals surface area contributed by atoms with E-state index in [9.17, 15) is 16.8 Å². The highest BCUT2D eigenvalue weighted by molar-refractivity contribution is 7.85.